The first-order chi connectivity index (χ1) is 13.7. The molecule has 0 radical (unpaired) electrons. The molecule has 0 unspecified atom stereocenters. The Kier molecular flexibility index (Phi) is 5.10. The van der Waals surface area contributed by atoms with Gasteiger partial charge in [-0.05, 0) is 24.1 Å². The summed E-state index contributed by atoms with van der Waals surface area (Å²) in [5, 5.41) is 4.27. The molecule has 1 aliphatic heterocycles. The summed E-state index contributed by atoms with van der Waals surface area (Å²) in [5.41, 5.74) is 2.48. The van der Waals surface area contributed by atoms with Crippen LogP contribution in [0.5, 0.6) is 0 Å². The van der Waals surface area contributed by atoms with Gasteiger partial charge in [-0.2, -0.15) is 5.10 Å². The maximum atomic E-state index is 13.2. The second-order valence-electron chi connectivity index (χ2n) is 7.16. The highest BCUT2D eigenvalue weighted by atomic mass is 16.2. The molecule has 0 aliphatic carbocycles. The maximum Gasteiger partial charge on any atom is 0.257 e. The second-order valence-corrected chi connectivity index (χ2v) is 7.16. The van der Waals surface area contributed by atoms with Crippen molar-refractivity contribution in [3.8, 4) is 0 Å². The first-order valence-electron chi connectivity index (χ1n) is 9.72. The van der Waals surface area contributed by atoms with Gasteiger partial charge in [-0.25, -0.2) is 4.52 Å². The van der Waals surface area contributed by atoms with Crippen LogP contribution in [0.1, 0.15) is 35.7 Å². The van der Waals surface area contributed by atoms with E-state index < -0.39 is 0 Å². The highest BCUT2D eigenvalue weighted by molar-refractivity contribution is 6.00. The van der Waals surface area contributed by atoms with Gasteiger partial charge in [-0.1, -0.05) is 43.3 Å². The van der Waals surface area contributed by atoms with Crippen LogP contribution in [0.25, 0.3) is 5.52 Å². The number of rotatable bonds is 4. The molecule has 6 nitrogen and oxygen atoms in total. The molecule has 3 heterocycles. The van der Waals surface area contributed by atoms with Crippen LogP contribution in [-0.4, -0.2) is 50.4 Å². The molecule has 1 fully saturated rings. The SMILES string of the molecule is CC[C@H]1CN(C(=O)c2cnn3ccccc23)CCC(=O)N1Cc1ccccc1. The van der Waals surface area contributed by atoms with E-state index in [1.807, 2.05) is 59.6 Å². The standard InChI is InChI=1S/C22H24N4O2/c1-2-18-16-24(22(28)19-14-23-26-12-7-6-10-20(19)26)13-11-21(27)25(18)15-17-8-4-3-5-9-17/h3-10,12,14,18H,2,11,13,15-16H2,1H3/t18-/m0/s1. The molecule has 3 aromatic rings. The molecule has 1 atom stereocenters. The number of nitrogens with zero attached hydrogens (tertiary/aromatic N) is 4. The Morgan fingerprint density at radius 3 is 2.71 bits per heavy atom. The van der Waals surface area contributed by atoms with E-state index in [9.17, 15) is 9.59 Å². The molecule has 1 aliphatic rings. The summed E-state index contributed by atoms with van der Waals surface area (Å²) in [7, 11) is 0. The number of pyridine rings is 1. The van der Waals surface area contributed by atoms with Crippen LogP contribution in [0, 0.1) is 0 Å². The van der Waals surface area contributed by atoms with Crippen LogP contribution >= 0.6 is 0 Å². The third kappa shape index (κ3) is 3.50. The third-order valence-electron chi connectivity index (χ3n) is 5.40. The number of hydrogen-bond acceptors (Lipinski definition) is 3. The van der Waals surface area contributed by atoms with Crippen molar-refractivity contribution in [1.82, 2.24) is 19.4 Å². The van der Waals surface area contributed by atoms with Crippen molar-refractivity contribution in [3.63, 3.8) is 0 Å². The molecule has 4 rings (SSSR count). The van der Waals surface area contributed by atoms with E-state index in [0.29, 0.717) is 31.6 Å². The van der Waals surface area contributed by atoms with Gasteiger partial charge in [0.1, 0.15) is 0 Å². The van der Waals surface area contributed by atoms with E-state index in [2.05, 4.69) is 12.0 Å². The largest absolute Gasteiger partial charge is 0.336 e. The van der Waals surface area contributed by atoms with Gasteiger partial charge in [0.05, 0.1) is 17.3 Å². The van der Waals surface area contributed by atoms with E-state index in [4.69, 9.17) is 0 Å². The molecule has 1 aromatic carbocycles. The number of hydrogen-bond donors (Lipinski definition) is 0. The Labute approximate surface area is 164 Å². The molecular weight excluding hydrogens is 352 g/mol. The monoisotopic (exact) mass is 376 g/mol. The molecule has 0 bridgehead atoms. The zero-order valence-electron chi connectivity index (χ0n) is 16.0. The quantitative estimate of drug-likeness (QED) is 0.703. The molecule has 6 heteroatoms. The predicted molar refractivity (Wildman–Crippen MR) is 107 cm³/mol. The lowest BCUT2D eigenvalue weighted by molar-refractivity contribution is -0.133. The smallest absolute Gasteiger partial charge is 0.257 e. The number of carbonyl (C=O) groups is 2. The summed E-state index contributed by atoms with van der Waals surface area (Å²) in [6.07, 6.45) is 4.59. The average Bonchev–Trinajstić information content (AvgIpc) is 3.10. The Morgan fingerprint density at radius 2 is 1.93 bits per heavy atom. The van der Waals surface area contributed by atoms with Crippen LogP contribution in [0.2, 0.25) is 0 Å². The summed E-state index contributed by atoms with van der Waals surface area (Å²) in [6.45, 7) is 3.62. The zero-order valence-corrected chi connectivity index (χ0v) is 16.0. The van der Waals surface area contributed by atoms with E-state index >= 15 is 0 Å². The van der Waals surface area contributed by atoms with E-state index in [1.165, 1.54) is 0 Å². The predicted octanol–water partition coefficient (Wildman–Crippen LogP) is 2.99. The van der Waals surface area contributed by atoms with Gasteiger partial charge >= 0.3 is 0 Å². The van der Waals surface area contributed by atoms with Gasteiger partial charge in [0.25, 0.3) is 5.91 Å². The van der Waals surface area contributed by atoms with Gasteiger partial charge in [-0.15, -0.1) is 0 Å². The fourth-order valence-corrected chi connectivity index (χ4v) is 3.82. The zero-order chi connectivity index (χ0) is 19.5. The number of aromatic nitrogens is 2. The number of amides is 2. The van der Waals surface area contributed by atoms with Crippen LogP contribution < -0.4 is 0 Å². The molecule has 0 spiro atoms. The van der Waals surface area contributed by atoms with Gasteiger partial charge in [0, 0.05) is 38.3 Å². The van der Waals surface area contributed by atoms with E-state index in [-0.39, 0.29) is 17.9 Å². The second kappa shape index (κ2) is 7.84. The van der Waals surface area contributed by atoms with Gasteiger partial charge < -0.3 is 9.80 Å². The number of benzene rings is 1. The fraction of sp³-hybridized carbons (Fsp3) is 0.318. The minimum atomic E-state index is -0.0611. The average molecular weight is 376 g/mol. The van der Waals surface area contributed by atoms with E-state index in [0.717, 1.165) is 17.5 Å². The van der Waals surface area contributed by atoms with Crippen molar-refractivity contribution >= 4 is 17.3 Å². The first-order valence-corrected chi connectivity index (χ1v) is 9.72. The van der Waals surface area contributed by atoms with Crippen molar-refractivity contribution in [2.75, 3.05) is 13.1 Å². The minimum Gasteiger partial charge on any atom is -0.336 e. The highest BCUT2D eigenvalue weighted by Crippen LogP contribution is 2.20. The first kappa shape index (κ1) is 18.2. The Balaban J connectivity index is 1.57. The maximum absolute atomic E-state index is 13.2. The normalized spacial score (nSPS) is 17.8. The molecular formula is C22H24N4O2. The fourth-order valence-electron chi connectivity index (χ4n) is 3.82. The molecule has 0 N–H and O–H groups in total. The molecule has 2 aromatic heterocycles. The van der Waals surface area contributed by atoms with Gasteiger partial charge in [0.2, 0.25) is 5.91 Å². The molecule has 0 saturated carbocycles. The van der Waals surface area contributed by atoms with Crippen LogP contribution in [0.15, 0.2) is 60.9 Å². The van der Waals surface area contributed by atoms with Crippen molar-refractivity contribution in [1.29, 1.82) is 0 Å². The van der Waals surface area contributed by atoms with Crippen molar-refractivity contribution in [3.05, 3.63) is 72.1 Å². The summed E-state index contributed by atoms with van der Waals surface area (Å²) in [6, 6.07) is 15.7. The van der Waals surface area contributed by atoms with Gasteiger partial charge in [0.15, 0.2) is 0 Å². The molecule has 2 amide bonds. The van der Waals surface area contributed by atoms with Gasteiger partial charge in [-0.3, -0.25) is 9.59 Å². The Bertz CT molecular complexity index is 982. The lowest BCUT2D eigenvalue weighted by atomic mass is 10.1. The summed E-state index contributed by atoms with van der Waals surface area (Å²) >= 11 is 0. The van der Waals surface area contributed by atoms with Crippen LogP contribution in [-0.2, 0) is 11.3 Å². The van der Waals surface area contributed by atoms with E-state index in [1.54, 1.807) is 15.6 Å². The van der Waals surface area contributed by atoms with Crippen molar-refractivity contribution in [2.45, 2.75) is 32.4 Å². The third-order valence-corrected chi connectivity index (χ3v) is 5.40. The topological polar surface area (TPSA) is 57.9 Å². The van der Waals surface area contributed by atoms with Crippen molar-refractivity contribution < 1.29 is 9.59 Å². The van der Waals surface area contributed by atoms with Crippen molar-refractivity contribution in [2.24, 2.45) is 0 Å². The lowest BCUT2D eigenvalue weighted by Crippen LogP contribution is -2.43. The molecule has 1 saturated heterocycles. The number of carbonyl (C=O) groups excluding carboxylic acids is 2. The number of fused-ring (bicyclic) bond motifs is 1. The molecule has 144 valence electrons. The Hall–Kier alpha value is -3.15. The lowest BCUT2D eigenvalue weighted by Gasteiger charge is -2.31. The summed E-state index contributed by atoms with van der Waals surface area (Å²) in [5.74, 6) is 0.0416. The molecule has 28 heavy (non-hydrogen) atoms. The highest BCUT2D eigenvalue weighted by Gasteiger charge is 2.31. The summed E-state index contributed by atoms with van der Waals surface area (Å²) < 4.78 is 1.70. The minimum absolute atomic E-state index is 0.000921. The van der Waals surface area contributed by atoms with Crippen LogP contribution in [0.3, 0.4) is 0 Å². The Morgan fingerprint density at radius 1 is 1.14 bits per heavy atom. The summed E-state index contributed by atoms with van der Waals surface area (Å²) in [4.78, 5) is 29.8. The van der Waals surface area contributed by atoms with Crippen LogP contribution in [0.4, 0.5) is 0 Å².